The number of nitrogens with zero attached hydrogens (tertiary/aromatic N) is 3. The molecule has 0 amide bonds. The van der Waals surface area contributed by atoms with Gasteiger partial charge in [-0.05, 0) is 6.92 Å². The summed E-state index contributed by atoms with van der Waals surface area (Å²) in [6, 6.07) is 0. The molecular weight excluding hydrogens is 200 g/mol. The molecule has 2 rings (SSSR count). The van der Waals surface area contributed by atoms with Crippen molar-refractivity contribution in [1.29, 1.82) is 0 Å². The number of nitrogens with one attached hydrogen (secondary N) is 1. The van der Waals surface area contributed by atoms with Crippen molar-refractivity contribution >= 4 is 5.97 Å². The van der Waals surface area contributed by atoms with E-state index in [4.69, 9.17) is 9.15 Å². The van der Waals surface area contributed by atoms with Crippen molar-refractivity contribution in [2.75, 3.05) is 6.61 Å². The van der Waals surface area contributed by atoms with Crippen LogP contribution in [0.1, 0.15) is 17.4 Å². The molecule has 15 heavy (non-hydrogen) atoms. The molecule has 2 aromatic heterocycles. The summed E-state index contributed by atoms with van der Waals surface area (Å²) < 4.78 is 9.81. The monoisotopic (exact) mass is 208 g/mol. The molecule has 0 aliphatic carbocycles. The molecule has 0 aliphatic rings. The van der Waals surface area contributed by atoms with Gasteiger partial charge < -0.3 is 9.15 Å². The Hall–Kier alpha value is -2.18. The molecule has 1 N–H and O–H groups in total. The van der Waals surface area contributed by atoms with Crippen LogP contribution in [0.2, 0.25) is 0 Å². The topological polar surface area (TPSA) is 93.9 Å². The minimum absolute atomic E-state index is 0.0913. The summed E-state index contributed by atoms with van der Waals surface area (Å²) in [6.07, 6.45) is 2.69. The largest absolute Gasteiger partial charge is 0.461 e. The molecular formula is C8H8N4O3. The number of aromatic nitrogens is 4. The van der Waals surface area contributed by atoms with Crippen LogP contribution in [-0.4, -0.2) is 33.0 Å². The zero-order chi connectivity index (χ0) is 10.7. The minimum Gasteiger partial charge on any atom is -0.461 e. The van der Waals surface area contributed by atoms with E-state index in [1.165, 1.54) is 12.6 Å². The number of hydrogen-bond acceptors (Lipinski definition) is 6. The van der Waals surface area contributed by atoms with E-state index in [2.05, 4.69) is 20.4 Å². The molecule has 7 nitrogen and oxygen atoms in total. The van der Waals surface area contributed by atoms with E-state index < -0.39 is 5.97 Å². The molecule has 7 heteroatoms. The first-order valence-corrected chi connectivity index (χ1v) is 4.29. The molecule has 0 saturated carbocycles. The van der Waals surface area contributed by atoms with E-state index in [1.54, 1.807) is 6.92 Å². The highest BCUT2D eigenvalue weighted by atomic mass is 16.5. The Bertz CT molecular complexity index is 448. The number of hydrogen-bond donors (Lipinski definition) is 1. The van der Waals surface area contributed by atoms with Crippen molar-refractivity contribution in [1.82, 2.24) is 20.4 Å². The van der Waals surface area contributed by atoms with Crippen LogP contribution in [0, 0.1) is 0 Å². The second-order valence-electron chi connectivity index (χ2n) is 2.61. The van der Waals surface area contributed by atoms with Crippen LogP contribution in [0.25, 0.3) is 11.5 Å². The highest BCUT2D eigenvalue weighted by molar-refractivity contribution is 5.93. The third kappa shape index (κ3) is 1.71. The van der Waals surface area contributed by atoms with Gasteiger partial charge in [-0.15, -0.1) is 5.10 Å². The Morgan fingerprint density at radius 3 is 3.13 bits per heavy atom. The maximum Gasteiger partial charge on any atom is 0.361 e. The van der Waals surface area contributed by atoms with Crippen LogP contribution in [0.4, 0.5) is 0 Å². The summed E-state index contributed by atoms with van der Waals surface area (Å²) in [7, 11) is 0. The maximum absolute atomic E-state index is 11.4. The lowest BCUT2D eigenvalue weighted by Gasteiger charge is -1.97. The van der Waals surface area contributed by atoms with Gasteiger partial charge in [0.2, 0.25) is 5.69 Å². The SMILES string of the molecule is CCOC(=O)c1n[nH]nc1-c1cnco1. The third-order valence-corrected chi connectivity index (χ3v) is 1.68. The molecule has 0 saturated heterocycles. The summed E-state index contributed by atoms with van der Waals surface area (Å²) >= 11 is 0. The number of carbonyl (C=O) groups is 1. The van der Waals surface area contributed by atoms with E-state index >= 15 is 0 Å². The summed E-state index contributed by atoms with van der Waals surface area (Å²) in [5.41, 5.74) is 0.388. The highest BCUT2D eigenvalue weighted by Crippen LogP contribution is 2.18. The Morgan fingerprint density at radius 2 is 2.47 bits per heavy atom. The highest BCUT2D eigenvalue weighted by Gasteiger charge is 2.20. The summed E-state index contributed by atoms with van der Waals surface area (Å²) in [4.78, 5) is 15.1. The second-order valence-corrected chi connectivity index (χ2v) is 2.61. The van der Waals surface area contributed by atoms with Crippen LogP contribution in [0.15, 0.2) is 17.0 Å². The van der Waals surface area contributed by atoms with E-state index in [1.807, 2.05) is 0 Å². The normalized spacial score (nSPS) is 10.2. The number of esters is 1. The molecule has 78 valence electrons. The fourth-order valence-electron chi connectivity index (χ4n) is 1.08. The number of carbonyl (C=O) groups excluding carboxylic acids is 1. The summed E-state index contributed by atoms with van der Waals surface area (Å²) in [6.45, 7) is 1.99. The lowest BCUT2D eigenvalue weighted by molar-refractivity contribution is 0.0520. The zero-order valence-electron chi connectivity index (χ0n) is 7.93. The zero-order valence-corrected chi connectivity index (χ0v) is 7.93. The van der Waals surface area contributed by atoms with Gasteiger partial charge in [0.05, 0.1) is 12.8 Å². The van der Waals surface area contributed by atoms with Crippen LogP contribution in [0.3, 0.4) is 0 Å². The molecule has 0 aromatic carbocycles. The summed E-state index contributed by atoms with van der Waals surface area (Å²) in [5, 5.41) is 9.82. The molecule has 2 aromatic rings. The Kier molecular flexibility index (Phi) is 2.44. The van der Waals surface area contributed by atoms with Gasteiger partial charge in [0.15, 0.2) is 17.8 Å². The average Bonchev–Trinajstić information content (AvgIpc) is 2.88. The van der Waals surface area contributed by atoms with Crippen LogP contribution >= 0.6 is 0 Å². The van der Waals surface area contributed by atoms with Crippen LogP contribution in [0.5, 0.6) is 0 Å². The van der Waals surface area contributed by atoms with E-state index in [0.29, 0.717) is 11.5 Å². The first kappa shape index (κ1) is 9.38. The number of H-pyrrole nitrogens is 1. The quantitative estimate of drug-likeness (QED) is 0.743. The number of aromatic amines is 1. The van der Waals surface area contributed by atoms with Crippen LogP contribution < -0.4 is 0 Å². The molecule has 0 radical (unpaired) electrons. The molecule has 0 spiro atoms. The van der Waals surface area contributed by atoms with Crippen molar-refractivity contribution in [3.8, 4) is 11.5 Å². The second kappa shape index (κ2) is 3.91. The van der Waals surface area contributed by atoms with Gasteiger partial charge in [0.1, 0.15) is 0 Å². The molecule has 0 fully saturated rings. The minimum atomic E-state index is -0.544. The Labute approximate surface area is 84.5 Å². The van der Waals surface area contributed by atoms with E-state index in [-0.39, 0.29) is 12.3 Å². The first-order valence-electron chi connectivity index (χ1n) is 4.29. The number of rotatable bonds is 3. The van der Waals surface area contributed by atoms with Gasteiger partial charge in [0, 0.05) is 0 Å². The van der Waals surface area contributed by atoms with Crippen molar-refractivity contribution in [3.05, 3.63) is 18.3 Å². The van der Waals surface area contributed by atoms with Gasteiger partial charge in [-0.2, -0.15) is 10.3 Å². The predicted octanol–water partition coefficient (Wildman–Crippen LogP) is 0.636. The van der Waals surface area contributed by atoms with Gasteiger partial charge in [0.25, 0.3) is 0 Å². The third-order valence-electron chi connectivity index (χ3n) is 1.68. The summed E-state index contributed by atoms with van der Waals surface area (Å²) in [5.74, 6) is -0.176. The van der Waals surface area contributed by atoms with Gasteiger partial charge in [-0.3, -0.25) is 0 Å². The van der Waals surface area contributed by atoms with Crippen molar-refractivity contribution < 1.29 is 13.9 Å². The van der Waals surface area contributed by atoms with Crippen molar-refractivity contribution in [2.24, 2.45) is 0 Å². The Balaban J connectivity index is 2.34. The fraction of sp³-hybridized carbons (Fsp3) is 0.250. The number of ether oxygens (including phenoxy) is 1. The molecule has 0 aliphatic heterocycles. The molecule has 0 bridgehead atoms. The van der Waals surface area contributed by atoms with Gasteiger partial charge >= 0.3 is 5.97 Å². The fourth-order valence-corrected chi connectivity index (χ4v) is 1.08. The standard InChI is InChI=1S/C8H8N4O3/c1-2-14-8(13)7-6(10-12-11-7)5-3-9-4-15-5/h3-4H,2H2,1H3,(H,10,11,12). The molecule has 2 heterocycles. The van der Waals surface area contributed by atoms with Gasteiger partial charge in [-0.1, -0.05) is 0 Å². The Morgan fingerprint density at radius 1 is 1.60 bits per heavy atom. The predicted molar refractivity (Wildman–Crippen MR) is 47.8 cm³/mol. The molecule has 0 atom stereocenters. The lowest BCUT2D eigenvalue weighted by atomic mass is 10.3. The van der Waals surface area contributed by atoms with Gasteiger partial charge in [-0.25, -0.2) is 9.78 Å². The van der Waals surface area contributed by atoms with Crippen molar-refractivity contribution in [3.63, 3.8) is 0 Å². The lowest BCUT2D eigenvalue weighted by Crippen LogP contribution is -2.06. The van der Waals surface area contributed by atoms with Crippen molar-refractivity contribution in [2.45, 2.75) is 6.92 Å². The molecule has 0 unspecified atom stereocenters. The van der Waals surface area contributed by atoms with E-state index in [0.717, 1.165) is 0 Å². The maximum atomic E-state index is 11.4. The average molecular weight is 208 g/mol. The first-order chi connectivity index (χ1) is 7.33. The van der Waals surface area contributed by atoms with Crippen LogP contribution in [-0.2, 0) is 4.74 Å². The van der Waals surface area contributed by atoms with E-state index in [9.17, 15) is 4.79 Å². The number of oxazole rings is 1. The smallest absolute Gasteiger partial charge is 0.361 e.